The molecule has 0 bridgehead atoms. The Bertz CT molecular complexity index is 679. The summed E-state index contributed by atoms with van der Waals surface area (Å²) >= 11 is 0. The van der Waals surface area contributed by atoms with Crippen LogP contribution >= 0.6 is 0 Å². The molecule has 4 fully saturated rings. The third kappa shape index (κ3) is 2.67. The van der Waals surface area contributed by atoms with Gasteiger partial charge < -0.3 is 4.74 Å². The number of carbonyl (C=O) groups excluding carboxylic acids is 2. The molecule has 5 rings (SSSR count). The van der Waals surface area contributed by atoms with Gasteiger partial charge in [0.25, 0.3) is 0 Å². The standard InChI is InChI=1S/C24H34O3/c1-3-4-10-24-11-9-18-17-8-6-16(26)12-15(17)5-7-19(18)22(24)20-13-21(20)23(24)27-14(2)25/h12,17-23H,3-11,13H2,1-2H3/t17-,18+,19+,20-,21+,22+,23-,24-/m0/s1. The Kier molecular flexibility index (Phi) is 4.29. The van der Waals surface area contributed by atoms with E-state index in [9.17, 15) is 9.59 Å². The minimum Gasteiger partial charge on any atom is -0.462 e. The van der Waals surface area contributed by atoms with E-state index in [2.05, 4.69) is 6.92 Å². The second kappa shape index (κ2) is 6.46. The predicted molar refractivity (Wildman–Crippen MR) is 104 cm³/mol. The minimum atomic E-state index is -0.0797. The number of unbranched alkanes of at least 4 members (excludes halogenated alkanes) is 1. The molecule has 0 N–H and O–H groups in total. The summed E-state index contributed by atoms with van der Waals surface area (Å²) in [6, 6.07) is 0. The summed E-state index contributed by atoms with van der Waals surface area (Å²) in [6.45, 7) is 3.88. The van der Waals surface area contributed by atoms with Gasteiger partial charge in [-0.25, -0.2) is 0 Å². The van der Waals surface area contributed by atoms with Gasteiger partial charge in [0.2, 0.25) is 0 Å². The van der Waals surface area contributed by atoms with Crippen molar-refractivity contribution in [2.75, 3.05) is 0 Å². The summed E-state index contributed by atoms with van der Waals surface area (Å²) in [6.07, 6.45) is 13.9. The van der Waals surface area contributed by atoms with E-state index in [1.807, 2.05) is 6.08 Å². The molecule has 27 heavy (non-hydrogen) atoms. The molecule has 5 aliphatic carbocycles. The molecule has 0 spiro atoms. The molecule has 148 valence electrons. The van der Waals surface area contributed by atoms with Crippen LogP contribution in [0.2, 0.25) is 0 Å². The molecule has 5 aliphatic rings. The van der Waals surface area contributed by atoms with Crippen LogP contribution in [0.1, 0.15) is 78.1 Å². The van der Waals surface area contributed by atoms with Crippen molar-refractivity contribution in [2.45, 2.75) is 84.2 Å². The van der Waals surface area contributed by atoms with Gasteiger partial charge in [0.05, 0.1) is 0 Å². The van der Waals surface area contributed by atoms with Crippen LogP contribution in [0.3, 0.4) is 0 Å². The van der Waals surface area contributed by atoms with Gasteiger partial charge in [0.1, 0.15) is 6.10 Å². The highest BCUT2D eigenvalue weighted by Crippen LogP contribution is 2.74. The van der Waals surface area contributed by atoms with Crippen LogP contribution in [0, 0.1) is 40.9 Å². The zero-order valence-electron chi connectivity index (χ0n) is 16.9. The Morgan fingerprint density at radius 3 is 2.78 bits per heavy atom. The third-order valence-electron chi connectivity index (χ3n) is 9.02. The van der Waals surface area contributed by atoms with Gasteiger partial charge in [0, 0.05) is 18.8 Å². The zero-order chi connectivity index (χ0) is 18.8. The van der Waals surface area contributed by atoms with Crippen LogP contribution in [-0.2, 0) is 14.3 Å². The summed E-state index contributed by atoms with van der Waals surface area (Å²) in [5, 5.41) is 0. The summed E-state index contributed by atoms with van der Waals surface area (Å²) in [5.41, 5.74) is 1.72. The molecule has 0 aliphatic heterocycles. The first-order chi connectivity index (χ1) is 13.0. The first kappa shape index (κ1) is 17.9. The van der Waals surface area contributed by atoms with Gasteiger partial charge in [-0.15, -0.1) is 0 Å². The maximum absolute atomic E-state index is 11.9. The molecule has 0 aromatic rings. The average molecular weight is 371 g/mol. The fraction of sp³-hybridized carbons (Fsp3) is 0.833. The lowest BCUT2D eigenvalue weighted by molar-refractivity contribution is -0.163. The van der Waals surface area contributed by atoms with Crippen molar-refractivity contribution in [1.29, 1.82) is 0 Å². The summed E-state index contributed by atoms with van der Waals surface area (Å²) in [5.74, 6) is 4.70. The van der Waals surface area contributed by atoms with Crippen molar-refractivity contribution < 1.29 is 14.3 Å². The lowest BCUT2D eigenvalue weighted by atomic mass is 9.49. The third-order valence-corrected chi connectivity index (χ3v) is 9.02. The molecule has 3 heteroatoms. The van der Waals surface area contributed by atoms with Crippen LogP contribution in [0.15, 0.2) is 11.6 Å². The first-order valence-corrected chi connectivity index (χ1v) is 11.5. The molecule has 0 aromatic heterocycles. The monoisotopic (exact) mass is 370 g/mol. The van der Waals surface area contributed by atoms with Crippen LogP contribution < -0.4 is 0 Å². The lowest BCUT2D eigenvalue weighted by Gasteiger charge is -2.56. The van der Waals surface area contributed by atoms with E-state index in [-0.39, 0.29) is 17.5 Å². The Morgan fingerprint density at radius 1 is 1.15 bits per heavy atom. The SMILES string of the molecule is CCCC[C@]12CC[C@H]3[C@@H](CCC4=CC(=O)CC[C@@H]43)[C@@H]1[C@H]1C[C@H]1[C@@H]2OC(C)=O. The largest absolute Gasteiger partial charge is 0.462 e. The van der Waals surface area contributed by atoms with Crippen molar-refractivity contribution in [3.63, 3.8) is 0 Å². The molecule has 0 unspecified atom stereocenters. The Balaban J connectivity index is 1.46. The zero-order valence-corrected chi connectivity index (χ0v) is 16.9. The number of allylic oxidation sites excluding steroid dienone is 1. The maximum atomic E-state index is 11.9. The predicted octanol–water partition coefficient (Wildman–Crippen LogP) is 5.09. The number of rotatable bonds is 4. The van der Waals surface area contributed by atoms with Crippen LogP contribution in [0.4, 0.5) is 0 Å². The maximum Gasteiger partial charge on any atom is 0.302 e. The Hall–Kier alpha value is -1.12. The molecule has 0 saturated heterocycles. The van der Waals surface area contributed by atoms with E-state index in [0.717, 1.165) is 42.9 Å². The molecular formula is C24H34O3. The van der Waals surface area contributed by atoms with Crippen molar-refractivity contribution in [1.82, 2.24) is 0 Å². The van der Waals surface area contributed by atoms with E-state index < -0.39 is 0 Å². The fourth-order valence-electron chi connectivity index (χ4n) is 8.17. The van der Waals surface area contributed by atoms with Gasteiger partial charge in [-0.05, 0) is 86.5 Å². The highest BCUT2D eigenvalue weighted by Gasteiger charge is 2.71. The number of ketones is 1. The number of ether oxygens (including phenoxy) is 1. The van der Waals surface area contributed by atoms with Gasteiger partial charge in [-0.3, -0.25) is 9.59 Å². The van der Waals surface area contributed by atoms with E-state index in [1.165, 1.54) is 50.5 Å². The van der Waals surface area contributed by atoms with Crippen molar-refractivity contribution in [2.24, 2.45) is 40.9 Å². The van der Waals surface area contributed by atoms with Gasteiger partial charge in [-0.1, -0.05) is 25.3 Å². The van der Waals surface area contributed by atoms with Crippen LogP contribution in [0.5, 0.6) is 0 Å². The molecule has 8 atom stereocenters. The molecule has 0 aromatic carbocycles. The minimum absolute atomic E-state index is 0.0797. The van der Waals surface area contributed by atoms with E-state index in [0.29, 0.717) is 17.6 Å². The number of hydrogen-bond acceptors (Lipinski definition) is 3. The van der Waals surface area contributed by atoms with E-state index in [1.54, 1.807) is 6.92 Å². The average Bonchev–Trinajstić information content (AvgIpc) is 3.38. The molecule has 0 amide bonds. The number of fused-ring (bicyclic) bond motifs is 7. The molecule has 4 saturated carbocycles. The second-order valence-corrected chi connectivity index (χ2v) is 10.2. The Labute approximate surface area is 163 Å². The fourth-order valence-corrected chi connectivity index (χ4v) is 8.17. The van der Waals surface area contributed by atoms with Gasteiger partial charge in [-0.2, -0.15) is 0 Å². The van der Waals surface area contributed by atoms with Gasteiger partial charge >= 0.3 is 5.97 Å². The topological polar surface area (TPSA) is 43.4 Å². The molecule has 0 radical (unpaired) electrons. The second-order valence-electron chi connectivity index (χ2n) is 10.2. The van der Waals surface area contributed by atoms with Crippen LogP contribution in [0.25, 0.3) is 0 Å². The first-order valence-electron chi connectivity index (χ1n) is 11.5. The summed E-state index contributed by atoms with van der Waals surface area (Å²) in [4.78, 5) is 23.8. The lowest BCUT2D eigenvalue weighted by Crippen LogP contribution is -2.51. The Morgan fingerprint density at radius 2 is 2.00 bits per heavy atom. The molecule has 0 heterocycles. The van der Waals surface area contributed by atoms with Crippen LogP contribution in [-0.4, -0.2) is 17.9 Å². The molecule has 3 nitrogen and oxygen atoms in total. The van der Waals surface area contributed by atoms with E-state index in [4.69, 9.17) is 4.74 Å². The number of hydrogen-bond donors (Lipinski definition) is 0. The van der Waals surface area contributed by atoms with Gasteiger partial charge in [0.15, 0.2) is 5.78 Å². The van der Waals surface area contributed by atoms with Crippen molar-refractivity contribution in [3.8, 4) is 0 Å². The highest BCUT2D eigenvalue weighted by molar-refractivity contribution is 5.91. The van der Waals surface area contributed by atoms with Crippen molar-refractivity contribution >= 4 is 11.8 Å². The van der Waals surface area contributed by atoms with Crippen molar-refractivity contribution in [3.05, 3.63) is 11.6 Å². The normalized spacial score (nSPS) is 47.3. The number of carbonyl (C=O) groups is 2. The highest BCUT2D eigenvalue weighted by atomic mass is 16.5. The summed E-state index contributed by atoms with van der Waals surface area (Å²) in [7, 11) is 0. The quantitative estimate of drug-likeness (QED) is 0.648. The number of esters is 1. The van der Waals surface area contributed by atoms with E-state index >= 15 is 0 Å². The smallest absolute Gasteiger partial charge is 0.302 e. The summed E-state index contributed by atoms with van der Waals surface area (Å²) < 4.78 is 6.04. The molecular weight excluding hydrogens is 336 g/mol.